The van der Waals surface area contributed by atoms with E-state index in [1.165, 1.54) is 0 Å². The summed E-state index contributed by atoms with van der Waals surface area (Å²) >= 11 is 6.18. The molecule has 0 spiro atoms. The molecular weight excluding hydrogens is 296 g/mol. The van der Waals surface area contributed by atoms with Crippen molar-refractivity contribution in [3.63, 3.8) is 0 Å². The highest BCUT2D eigenvalue weighted by Crippen LogP contribution is 2.33. The zero-order valence-electron chi connectivity index (χ0n) is 11.7. The van der Waals surface area contributed by atoms with Crippen molar-refractivity contribution in [1.29, 1.82) is 10.5 Å². The number of ketones is 1. The maximum absolute atomic E-state index is 12.4. The smallest absolute Gasteiger partial charge is 0.163 e. The lowest BCUT2D eigenvalue weighted by Gasteiger charge is -2.18. The number of halogens is 1. The van der Waals surface area contributed by atoms with Gasteiger partial charge in [0.2, 0.25) is 0 Å². The van der Waals surface area contributed by atoms with E-state index in [0.717, 1.165) is 0 Å². The molecule has 0 aliphatic rings. The number of hydrogen-bond acceptors (Lipinski definition) is 3. The summed E-state index contributed by atoms with van der Waals surface area (Å²) in [7, 11) is 0. The number of hydrogen-bond donors (Lipinski definition) is 0. The molecule has 0 aromatic heterocycles. The highest BCUT2D eigenvalue weighted by Gasteiger charge is 2.27. The number of carbonyl (C=O) groups excluding carboxylic acids is 1. The van der Waals surface area contributed by atoms with Crippen LogP contribution in [-0.2, 0) is 0 Å². The molecule has 0 aliphatic heterocycles. The molecule has 0 heterocycles. The largest absolute Gasteiger partial charge is 0.294 e. The van der Waals surface area contributed by atoms with Crippen LogP contribution in [0.5, 0.6) is 0 Å². The Morgan fingerprint density at radius 1 is 1.00 bits per heavy atom. The third kappa shape index (κ3) is 3.52. The Labute approximate surface area is 134 Å². The Hall–Kier alpha value is -2.62. The van der Waals surface area contributed by atoms with E-state index in [1.54, 1.807) is 48.5 Å². The van der Waals surface area contributed by atoms with E-state index >= 15 is 0 Å². The average molecular weight is 309 g/mol. The van der Waals surface area contributed by atoms with Gasteiger partial charge in [0, 0.05) is 22.9 Å². The van der Waals surface area contributed by atoms with Gasteiger partial charge in [-0.2, -0.15) is 10.5 Å². The summed E-state index contributed by atoms with van der Waals surface area (Å²) < 4.78 is 0. The second-order valence-electron chi connectivity index (χ2n) is 4.86. The predicted molar refractivity (Wildman–Crippen MR) is 84.3 cm³/mol. The lowest BCUT2D eigenvalue weighted by atomic mass is 9.83. The summed E-state index contributed by atoms with van der Waals surface area (Å²) in [6.07, 6.45) is 0.0690. The molecule has 3 nitrogen and oxygen atoms in total. The van der Waals surface area contributed by atoms with Crippen molar-refractivity contribution < 1.29 is 4.79 Å². The van der Waals surface area contributed by atoms with Gasteiger partial charge in [0.05, 0.1) is 12.1 Å². The maximum Gasteiger partial charge on any atom is 0.163 e. The SMILES string of the molecule is N#CC(C#N)[C@H](CC(=O)c1ccccc1)c1ccccc1Cl. The van der Waals surface area contributed by atoms with E-state index in [-0.39, 0.29) is 12.2 Å². The summed E-state index contributed by atoms with van der Waals surface area (Å²) in [5, 5.41) is 18.9. The van der Waals surface area contributed by atoms with Crippen LogP contribution in [0.25, 0.3) is 0 Å². The van der Waals surface area contributed by atoms with Gasteiger partial charge in [0.1, 0.15) is 5.92 Å². The Bertz CT molecular complexity index is 730. The Kier molecular flexibility index (Phi) is 5.31. The van der Waals surface area contributed by atoms with Gasteiger partial charge in [-0.3, -0.25) is 4.79 Å². The molecule has 2 rings (SSSR count). The van der Waals surface area contributed by atoms with E-state index in [0.29, 0.717) is 16.1 Å². The molecule has 22 heavy (non-hydrogen) atoms. The molecule has 0 saturated heterocycles. The Balaban J connectivity index is 2.35. The van der Waals surface area contributed by atoms with Gasteiger partial charge in [-0.25, -0.2) is 0 Å². The van der Waals surface area contributed by atoms with Crippen molar-refractivity contribution in [3.05, 3.63) is 70.7 Å². The number of nitriles is 2. The second kappa shape index (κ2) is 7.41. The van der Waals surface area contributed by atoms with Crippen LogP contribution in [0.15, 0.2) is 54.6 Å². The first-order valence-corrected chi connectivity index (χ1v) is 7.17. The van der Waals surface area contributed by atoms with Crippen molar-refractivity contribution in [3.8, 4) is 12.1 Å². The lowest BCUT2D eigenvalue weighted by molar-refractivity contribution is 0.0971. The van der Waals surface area contributed by atoms with E-state index in [4.69, 9.17) is 11.6 Å². The highest BCUT2D eigenvalue weighted by molar-refractivity contribution is 6.31. The van der Waals surface area contributed by atoms with Crippen LogP contribution in [0.3, 0.4) is 0 Å². The van der Waals surface area contributed by atoms with Crippen LogP contribution in [0.1, 0.15) is 28.3 Å². The van der Waals surface area contributed by atoms with Crippen LogP contribution >= 0.6 is 11.6 Å². The standard InChI is InChI=1S/C18H13ClN2O/c19-17-9-5-4-8-15(17)16(14(11-20)12-21)10-18(22)13-6-2-1-3-7-13/h1-9,14,16H,10H2/t16-/m0/s1. The van der Waals surface area contributed by atoms with Gasteiger partial charge in [0.25, 0.3) is 0 Å². The highest BCUT2D eigenvalue weighted by atomic mass is 35.5. The van der Waals surface area contributed by atoms with Crippen molar-refractivity contribution in [2.24, 2.45) is 5.92 Å². The van der Waals surface area contributed by atoms with Crippen molar-refractivity contribution >= 4 is 17.4 Å². The molecule has 0 bridgehead atoms. The molecule has 2 aromatic rings. The third-order valence-electron chi connectivity index (χ3n) is 3.49. The number of Topliss-reactive ketones (excluding diaryl/α,β-unsaturated/α-hetero) is 1. The molecule has 0 radical (unpaired) electrons. The van der Waals surface area contributed by atoms with E-state index in [9.17, 15) is 15.3 Å². The normalized spacial score (nSPS) is 11.5. The van der Waals surface area contributed by atoms with Gasteiger partial charge < -0.3 is 0 Å². The fraction of sp³-hybridized carbons (Fsp3) is 0.167. The van der Waals surface area contributed by atoms with Gasteiger partial charge in [-0.15, -0.1) is 0 Å². The molecular formula is C18H13ClN2O. The quantitative estimate of drug-likeness (QED) is 0.771. The van der Waals surface area contributed by atoms with Crippen molar-refractivity contribution in [2.45, 2.75) is 12.3 Å². The number of rotatable bonds is 5. The predicted octanol–water partition coefficient (Wildman–Crippen LogP) is 4.36. The van der Waals surface area contributed by atoms with Crippen LogP contribution < -0.4 is 0 Å². The lowest BCUT2D eigenvalue weighted by Crippen LogP contribution is -2.15. The summed E-state index contributed by atoms with van der Waals surface area (Å²) in [6, 6.07) is 19.8. The molecule has 0 saturated carbocycles. The fourth-order valence-electron chi connectivity index (χ4n) is 2.33. The monoisotopic (exact) mass is 308 g/mol. The fourth-order valence-corrected chi connectivity index (χ4v) is 2.61. The second-order valence-corrected chi connectivity index (χ2v) is 5.26. The van der Waals surface area contributed by atoms with Crippen LogP contribution in [0, 0.1) is 28.6 Å². The van der Waals surface area contributed by atoms with Gasteiger partial charge in [-0.1, -0.05) is 60.1 Å². The van der Waals surface area contributed by atoms with Crippen LogP contribution in [0.2, 0.25) is 5.02 Å². The summed E-state index contributed by atoms with van der Waals surface area (Å²) in [6.45, 7) is 0. The minimum Gasteiger partial charge on any atom is -0.294 e. The first-order valence-electron chi connectivity index (χ1n) is 6.79. The zero-order chi connectivity index (χ0) is 15.9. The number of nitrogens with zero attached hydrogens (tertiary/aromatic N) is 2. The minimum absolute atomic E-state index is 0.0690. The molecule has 1 atom stereocenters. The average Bonchev–Trinajstić information content (AvgIpc) is 2.56. The van der Waals surface area contributed by atoms with Crippen molar-refractivity contribution in [2.75, 3.05) is 0 Å². The van der Waals surface area contributed by atoms with E-state index in [1.807, 2.05) is 18.2 Å². The van der Waals surface area contributed by atoms with Crippen LogP contribution in [0.4, 0.5) is 0 Å². The molecule has 0 aliphatic carbocycles. The Morgan fingerprint density at radius 2 is 1.59 bits per heavy atom. The molecule has 0 amide bonds. The van der Waals surface area contributed by atoms with E-state index < -0.39 is 11.8 Å². The summed E-state index contributed by atoms with van der Waals surface area (Å²) in [4.78, 5) is 12.4. The zero-order valence-corrected chi connectivity index (χ0v) is 12.5. The molecule has 4 heteroatoms. The third-order valence-corrected chi connectivity index (χ3v) is 3.83. The van der Waals surface area contributed by atoms with Gasteiger partial charge in [-0.05, 0) is 11.6 Å². The van der Waals surface area contributed by atoms with Crippen LogP contribution in [-0.4, -0.2) is 5.78 Å². The summed E-state index contributed by atoms with van der Waals surface area (Å²) in [5.41, 5.74) is 1.22. The minimum atomic E-state index is -0.924. The molecule has 0 N–H and O–H groups in total. The topological polar surface area (TPSA) is 64.7 Å². The molecule has 2 aromatic carbocycles. The first-order chi connectivity index (χ1) is 10.7. The number of benzene rings is 2. The molecule has 108 valence electrons. The van der Waals surface area contributed by atoms with Gasteiger partial charge >= 0.3 is 0 Å². The first kappa shape index (κ1) is 15.8. The molecule has 0 fully saturated rings. The van der Waals surface area contributed by atoms with Crippen molar-refractivity contribution in [1.82, 2.24) is 0 Å². The number of carbonyl (C=O) groups is 1. The summed E-state index contributed by atoms with van der Waals surface area (Å²) in [5.74, 6) is -1.58. The molecule has 0 unspecified atom stereocenters. The van der Waals surface area contributed by atoms with Gasteiger partial charge in [0.15, 0.2) is 5.78 Å². The Morgan fingerprint density at radius 3 is 2.18 bits per heavy atom. The maximum atomic E-state index is 12.4. The van der Waals surface area contributed by atoms with E-state index in [2.05, 4.69) is 0 Å².